The van der Waals surface area contributed by atoms with E-state index in [2.05, 4.69) is 70.0 Å². The van der Waals surface area contributed by atoms with Crippen LogP contribution in [-0.4, -0.2) is 43.9 Å². The van der Waals surface area contributed by atoms with Crippen LogP contribution in [0.1, 0.15) is 57.5 Å². The molecule has 0 saturated carbocycles. The summed E-state index contributed by atoms with van der Waals surface area (Å²) in [5, 5.41) is 12.5. The lowest BCUT2D eigenvalue weighted by Gasteiger charge is -2.19. The molecule has 1 aliphatic heterocycles. The maximum absolute atomic E-state index is 13.0. The van der Waals surface area contributed by atoms with Crippen molar-refractivity contribution in [2.45, 2.75) is 69.4 Å². The molecule has 0 bridgehead atoms. The predicted molar refractivity (Wildman–Crippen MR) is 139 cm³/mol. The van der Waals surface area contributed by atoms with Crippen LogP contribution in [0.4, 0.5) is 5.69 Å². The van der Waals surface area contributed by atoms with Gasteiger partial charge in [-0.25, -0.2) is 0 Å². The second-order valence-electron chi connectivity index (χ2n) is 10.0. The number of hydrogen-bond acceptors (Lipinski definition) is 5. The molecule has 1 aromatic heterocycles. The van der Waals surface area contributed by atoms with E-state index >= 15 is 0 Å². The van der Waals surface area contributed by atoms with Crippen LogP contribution in [0.3, 0.4) is 0 Å². The van der Waals surface area contributed by atoms with E-state index in [0.29, 0.717) is 6.54 Å². The maximum Gasteiger partial charge on any atom is 0.237 e. The van der Waals surface area contributed by atoms with E-state index in [0.717, 1.165) is 36.3 Å². The summed E-state index contributed by atoms with van der Waals surface area (Å²) in [6.07, 6.45) is 2.48. The Morgan fingerprint density at radius 2 is 1.68 bits per heavy atom. The molecule has 2 heterocycles. The molecular formula is C27H35N5OS. The van der Waals surface area contributed by atoms with Crippen LogP contribution in [0.5, 0.6) is 0 Å². The lowest BCUT2D eigenvalue weighted by Crippen LogP contribution is -2.24. The summed E-state index contributed by atoms with van der Waals surface area (Å²) in [4.78, 5) is 15.4. The third kappa shape index (κ3) is 6.27. The standard InChI is InChI=1S/C27H35N5OS/c1-20(25(33)28-23-14-12-22(13-15-23)27(2,3)4)34-26-30-29-24(19-31-16-8-9-17-31)32(26)18-21-10-6-5-7-11-21/h5-7,10-15,20H,8-9,16-19H2,1-4H3,(H,28,33)/t20-/m1/s1. The molecule has 0 unspecified atom stereocenters. The molecule has 1 N–H and O–H groups in total. The van der Waals surface area contributed by atoms with Crippen molar-refractivity contribution in [2.24, 2.45) is 0 Å². The monoisotopic (exact) mass is 477 g/mol. The lowest BCUT2D eigenvalue weighted by molar-refractivity contribution is -0.115. The number of rotatable bonds is 8. The van der Waals surface area contributed by atoms with Gasteiger partial charge in [0.25, 0.3) is 0 Å². The highest BCUT2D eigenvalue weighted by Crippen LogP contribution is 2.27. The van der Waals surface area contributed by atoms with E-state index in [1.165, 1.54) is 35.7 Å². The van der Waals surface area contributed by atoms with Crippen LogP contribution >= 0.6 is 11.8 Å². The van der Waals surface area contributed by atoms with Crippen LogP contribution in [0.15, 0.2) is 59.8 Å². The van der Waals surface area contributed by atoms with Gasteiger partial charge in [-0.1, -0.05) is 75.0 Å². The third-order valence-electron chi connectivity index (χ3n) is 6.21. The van der Waals surface area contributed by atoms with Gasteiger partial charge in [0.05, 0.1) is 18.3 Å². The zero-order valence-corrected chi connectivity index (χ0v) is 21.4. The zero-order valence-electron chi connectivity index (χ0n) is 20.6. The first-order chi connectivity index (χ1) is 16.3. The molecule has 7 heteroatoms. The minimum Gasteiger partial charge on any atom is -0.325 e. The summed E-state index contributed by atoms with van der Waals surface area (Å²) < 4.78 is 2.17. The van der Waals surface area contributed by atoms with Crippen molar-refractivity contribution in [3.05, 3.63) is 71.5 Å². The van der Waals surface area contributed by atoms with Gasteiger partial charge in [-0.05, 0) is 61.5 Å². The van der Waals surface area contributed by atoms with Crippen molar-refractivity contribution < 1.29 is 4.79 Å². The normalized spacial score (nSPS) is 15.4. The zero-order chi connectivity index (χ0) is 24.1. The van der Waals surface area contributed by atoms with E-state index < -0.39 is 0 Å². The van der Waals surface area contributed by atoms with Crippen molar-refractivity contribution in [3.8, 4) is 0 Å². The molecule has 1 fully saturated rings. The number of carbonyl (C=O) groups excluding carboxylic acids is 1. The van der Waals surface area contributed by atoms with Crippen LogP contribution in [0, 0.1) is 0 Å². The quantitative estimate of drug-likeness (QED) is 0.444. The fraction of sp³-hybridized carbons (Fsp3) is 0.444. The van der Waals surface area contributed by atoms with E-state index in [9.17, 15) is 4.79 Å². The van der Waals surface area contributed by atoms with Crippen LogP contribution in [0.25, 0.3) is 0 Å². The van der Waals surface area contributed by atoms with Crippen molar-refractivity contribution in [1.82, 2.24) is 19.7 Å². The second kappa shape index (κ2) is 10.7. The molecule has 2 aromatic carbocycles. The second-order valence-corrected chi connectivity index (χ2v) is 11.3. The fourth-order valence-corrected chi connectivity index (χ4v) is 4.97. The minimum absolute atomic E-state index is 0.0381. The van der Waals surface area contributed by atoms with Gasteiger partial charge in [-0.15, -0.1) is 10.2 Å². The molecule has 180 valence electrons. The Morgan fingerprint density at radius 1 is 1.00 bits per heavy atom. The number of nitrogens with one attached hydrogen (secondary N) is 1. The summed E-state index contributed by atoms with van der Waals surface area (Å²) in [5.41, 5.74) is 3.34. The fourth-order valence-electron chi connectivity index (χ4n) is 4.10. The first kappa shape index (κ1) is 24.5. The van der Waals surface area contributed by atoms with Gasteiger partial charge < -0.3 is 9.88 Å². The van der Waals surface area contributed by atoms with Crippen molar-refractivity contribution in [3.63, 3.8) is 0 Å². The number of nitrogens with zero attached hydrogens (tertiary/aromatic N) is 4. The molecule has 6 nitrogen and oxygen atoms in total. The number of aromatic nitrogens is 3. The van der Waals surface area contributed by atoms with Gasteiger partial charge >= 0.3 is 0 Å². The Kier molecular flexibility index (Phi) is 7.73. The molecule has 4 rings (SSSR count). The molecule has 0 radical (unpaired) electrons. The number of benzene rings is 2. The SMILES string of the molecule is C[C@@H](Sc1nnc(CN2CCCC2)n1Cc1ccccc1)C(=O)Nc1ccc(C(C)(C)C)cc1. The average Bonchev–Trinajstić information content (AvgIpc) is 3.45. The van der Waals surface area contributed by atoms with E-state index in [1.54, 1.807) is 0 Å². The van der Waals surface area contributed by atoms with Crippen molar-refractivity contribution >= 4 is 23.4 Å². The van der Waals surface area contributed by atoms with Gasteiger partial charge in [-0.2, -0.15) is 0 Å². The van der Waals surface area contributed by atoms with Gasteiger partial charge in [0.1, 0.15) is 5.82 Å². The highest BCUT2D eigenvalue weighted by molar-refractivity contribution is 8.00. The molecule has 3 aromatic rings. The Balaban J connectivity index is 1.46. The van der Waals surface area contributed by atoms with Crippen molar-refractivity contribution in [1.29, 1.82) is 0 Å². The first-order valence-corrected chi connectivity index (χ1v) is 12.9. The summed E-state index contributed by atoms with van der Waals surface area (Å²) in [6, 6.07) is 18.5. The largest absolute Gasteiger partial charge is 0.325 e. The number of amides is 1. The Morgan fingerprint density at radius 3 is 2.32 bits per heavy atom. The lowest BCUT2D eigenvalue weighted by atomic mass is 9.87. The third-order valence-corrected chi connectivity index (χ3v) is 7.29. The number of thioether (sulfide) groups is 1. The minimum atomic E-state index is -0.305. The molecular weight excluding hydrogens is 442 g/mol. The summed E-state index contributed by atoms with van der Waals surface area (Å²) in [5.74, 6) is 0.919. The number of hydrogen-bond donors (Lipinski definition) is 1. The average molecular weight is 478 g/mol. The summed E-state index contributed by atoms with van der Waals surface area (Å²) in [6.45, 7) is 12.2. The molecule has 1 amide bonds. The van der Waals surface area contributed by atoms with Gasteiger partial charge in [0.15, 0.2) is 5.16 Å². The Labute approximate surface area is 207 Å². The van der Waals surface area contributed by atoms with Crippen molar-refractivity contribution in [2.75, 3.05) is 18.4 Å². The summed E-state index contributed by atoms with van der Waals surface area (Å²) in [7, 11) is 0. The van der Waals surface area contributed by atoms with Gasteiger partial charge in [-0.3, -0.25) is 9.69 Å². The van der Waals surface area contributed by atoms with E-state index in [4.69, 9.17) is 0 Å². The van der Waals surface area contributed by atoms with Crippen LogP contribution in [0.2, 0.25) is 0 Å². The van der Waals surface area contributed by atoms with Crippen LogP contribution < -0.4 is 5.32 Å². The molecule has 34 heavy (non-hydrogen) atoms. The number of likely N-dealkylation sites (tertiary alicyclic amines) is 1. The van der Waals surface area contributed by atoms with E-state index in [1.807, 2.05) is 37.3 Å². The topological polar surface area (TPSA) is 63.1 Å². The van der Waals surface area contributed by atoms with Gasteiger partial charge in [0.2, 0.25) is 5.91 Å². The maximum atomic E-state index is 13.0. The number of anilines is 1. The Bertz CT molecular complexity index is 1080. The smallest absolute Gasteiger partial charge is 0.237 e. The molecule has 1 aliphatic rings. The van der Waals surface area contributed by atoms with E-state index in [-0.39, 0.29) is 16.6 Å². The highest BCUT2D eigenvalue weighted by Gasteiger charge is 2.23. The molecule has 1 atom stereocenters. The predicted octanol–water partition coefficient (Wildman–Crippen LogP) is 5.34. The molecule has 0 aliphatic carbocycles. The summed E-state index contributed by atoms with van der Waals surface area (Å²) >= 11 is 1.46. The molecule has 1 saturated heterocycles. The highest BCUT2D eigenvalue weighted by atomic mass is 32.2. The Hall–Kier alpha value is -2.64. The molecule has 0 spiro atoms. The number of carbonyl (C=O) groups is 1. The first-order valence-electron chi connectivity index (χ1n) is 12.1. The van der Waals surface area contributed by atoms with Gasteiger partial charge in [0, 0.05) is 5.69 Å². The van der Waals surface area contributed by atoms with Crippen LogP contribution in [-0.2, 0) is 23.3 Å².